The molecule has 3 aliphatic rings. The molecule has 4 nitrogen and oxygen atoms in total. The number of nitrogens with zero attached hydrogens (tertiary/aromatic N) is 3. The summed E-state index contributed by atoms with van der Waals surface area (Å²) in [6, 6.07) is 0.638. The van der Waals surface area contributed by atoms with Gasteiger partial charge in [-0.2, -0.15) is 0 Å². The molecule has 1 unspecified atom stereocenters. The Bertz CT molecular complexity index is 352. The van der Waals surface area contributed by atoms with Gasteiger partial charge in [-0.05, 0) is 38.8 Å². The highest BCUT2D eigenvalue weighted by atomic mass is 15.3. The summed E-state index contributed by atoms with van der Waals surface area (Å²) in [7, 11) is 0. The van der Waals surface area contributed by atoms with Gasteiger partial charge in [0, 0.05) is 25.5 Å². The van der Waals surface area contributed by atoms with Gasteiger partial charge in [0.05, 0.1) is 6.04 Å². The van der Waals surface area contributed by atoms with E-state index in [1.54, 1.807) is 0 Å². The fraction of sp³-hybridized carbons (Fsp3) is 0.750. The molecule has 0 saturated carbocycles. The van der Waals surface area contributed by atoms with E-state index >= 15 is 0 Å². The van der Waals surface area contributed by atoms with E-state index in [1.165, 1.54) is 32.5 Å². The van der Waals surface area contributed by atoms with Gasteiger partial charge in [-0.1, -0.05) is 0 Å². The maximum atomic E-state index is 4.40. The first-order valence-electron chi connectivity index (χ1n) is 6.37. The van der Waals surface area contributed by atoms with Crippen LogP contribution in [0.15, 0.2) is 12.4 Å². The van der Waals surface area contributed by atoms with Crippen LogP contribution in [0.2, 0.25) is 0 Å². The lowest BCUT2D eigenvalue weighted by molar-refractivity contribution is 0.0579. The van der Waals surface area contributed by atoms with Crippen LogP contribution in [0.25, 0.3) is 0 Å². The van der Waals surface area contributed by atoms with Crippen molar-refractivity contribution in [2.45, 2.75) is 25.8 Å². The second-order valence-corrected chi connectivity index (χ2v) is 4.89. The van der Waals surface area contributed by atoms with Crippen LogP contribution in [0.4, 0.5) is 5.95 Å². The van der Waals surface area contributed by atoms with Gasteiger partial charge in [0.2, 0.25) is 5.95 Å². The summed E-state index contributed by atoms with van der Waals surface area (Å²) < 4.78 is 2.35. The smallest absolute Gasteiger partial charge is 0.203 e. The van der Waals surface area contributed by atoms with Crippen molar-refractivity contribution < 1.29 is 0 Å². The first kappa shape index (κ1) is 10.1. The zero-order valence-corrected chi connectivity index (χ0v) is 9.89. The van der Waals surface area contributed by atoms with Gasteiger partial charge in [0.15, 0.2) is 0 Å². The second kappa shape index (κ2) is 4.09. The van der Waals surface area contributed by atoms with Gasteiger partial charge in [0.25, 0.3) is 0 Å². The Morgan fingerprint density at radius 2 is 2.25 bits per heavy atom. The Kier molecular flexibility index (Phi) is 2.59. The standard InChI is InChI=1S/C12H20N4/c1-2-13-12-14-5-8-16(12)11-9-15-6-3-10(11)4-7-15/h5,8,10-11H,2-4,6-7,9H2,1H3,(H,13,14). The molecule has 1 atom stereocenters. The predicted octanol–water partition coefficient (Wildman–Crippen LogP) is 1.58. The molecule has 16 heavy (non-hydrogen) atoms. The van der Waals surface area contributed by atoms with Crippen LogP contribution in [-0.2, 0) is 0 Å². The molecule has 3 saturated heterocycles. The van der Waals surface area contributed by atoms with Crippen LogP contribution in [-0.4, -0.2) is 40.6 Å². The van der Waals surface area contributed by atoms with Crippen LogP contribution in [0.3, 0.4) is 0 Å². The highest BCUT2D eigenvalue weighted by Gasteiger charge is 2.35. The minimum atomic E-state index is 0.638. The average molecular weight is 220 g/mol. The molecule has 4 heteroatoms. The quantitative estimate of drug-likeness (QED) is 0.839. The number of anilines is 1. The van der Waals surface area contributed by atoms with Crippen LogP contribution >= 0.6 is 0 Å². The number of rotatable bonds is 3. The molecule has 0 amide bonds. The molecule has 4 heterocycles. The van der Waals surface area contributed by atoms with Crippen LogP contribution in [0, 0.1) is 5.92 Å². The Morgan fingerprint density at radius 3 is 2.88 bits per heavy atom. The van der Waals surface area contributed by atoms with Gasteiger partial charge < -0.3 is 14.8 Å². The summed E-state index contributed by atoms with van der Waals surface area (Å²) in [5.41, 5.74) is 0. The molecular weight excluding hydrogens is 200 g/mol. The lowest BCUT2D eigenvalue weighted by atomic mass is 9.84. The van der Waals surface area contributed by atoms with E-state index < -0.39 is 0 Å². The van der Waals surface area contributed by atoms with Crippen LogP contribution in [0.1, 0.15) is 25.8 Å². The van der Waals surface area contributed by atoms with Gasteiger partial charge >= 0.3 is 0 Å². The van der Waals surface area contributed by atoms with Gasteiger partial charge in [-0.25, -0.2) is 4.98 Å². The van der Waals surface area contributed by atoms with Gasteiger partial charge in [-0.3, -0.25) is 0 Å². The molecule has 1 aromatic heterocycles. The highest BCUT2D eigenvalue weighted by Crippen LogP contribution is 2.36. The Hall–Kier alpha value is -1.03. The SMILES string of the molecule is CCNc1nccn1C1CN2CCC1CC2. The number of hydrogen-bond donors (Lipinski definition) is 1. The van der Waals surface area contributed by atoms with Crippen LogP contribution < -0.4 is 5.32 Å². The van der Waals surface area contributed by atoms with Crippen molar-refractivity contribution in [2.24, 2.45) is 5.92 Å². The van der Waals surface area contributed by atoms with Crippen molar-refractivity contribution in [1.82, 2.24) is 14.5 Å². The molecule has 2 bridgehead atoms. The monoisotopic (exact) mass is 220 g/mol. The molecule has 0 spiro atoms. The summed E-state index contributed by atoms with van der Waals surface area (Å²) in [6.07, 6.45) is 6.75. The van der Waals surface area contributed by atoms with Crippen molar-refractivity contribution in [3.05, 3.63) is 12.4 Å². The molecule has 1 aromatic rings. The fourth-order valence-electron chi connectivity index (χ4n) is 3.12. The van der Waals surface area contributed by atoms with Crippen molar-refractivity contribution in [1.29, 1.82) is 0 Å². The third kappa shape index (κ3) is 1.61. The lowest BCUT2D eigenvalue weighted by Gasteiger charge is -2.45. The lowest BCUT2D eigenvalue weighted by Crippen LogP contribution is -2.48. The third-order valence-corrected chi connectivity index (χ3v) is 3.98. The number of piperidine rings is 3. The van der Waals surface area contributed by atoms with E-state index in [2.05, 4.69) is 32.9 Å². The number of aromatic nitrogens is 2. The fourth-order valence-corrected chi connectivity index (χ4v) is 3.12. The number of fused-ring (bicyclic) bond motifs is 3. The number of imidazole rings is 1. The molecule has 4 rings (SSSR count). The molecule has 0 aromatic carbocycles. The molecule has 3 fully saturated rings. The first-order valence-corrected chi connectivity index (χ1v) is 6.37. The summed E-state index contributed by atoms with van der Waals surface area (Å²) in [4.78, 5) is 6.98. The van der Waals surface area contributed by atoms with Gasteiger partial charge in [-0.15, -0.1) is 0 Å². The minimum absolute atomic E-state index is 0.638. The molecule has 0 radical (unpaired) electrons. The second-order valence-electron chi connectivity index (χ2n) is 4.89. The minimum Gasteiger partial charge on any atom is -0.356 e. The molecule has 0 aliphatic carbocycles. The van der Waals surface area contributed by atoms with E-state index in [9.17, 15) is 0 Å². The molecule has 1 N–H and O–H groups in total. The summed E-state index contributed by atoms with van der Waals surface area (Å²) in [5, 5.41) is 3.35. The first-order chi connectivity index (χ1) is 7.88. The maximum Gasteiger partial charge on any atom is 0.203 e. The number of hydrogen-bond acceptors (Lipinski definition) is 3. The largest absolute Gasteiger partial charge is 0.356 e. The Balaban J connectivity index is 1.83. The summed E-state index contributed by atoms with van der Waals surface area (Å²) in [6.45, 7) is 6.87. The zero-order chi connectivity index (χ0) is 11.0. The predicted molar refractivity (Wildman–Crippen MR) is 64.6 cm³/mol. The Morgan fingerprint density at radius 1 is 1.44 bits per heavy atom. The molecule has 3 aliphatic heterocycles. The third-order valence-electron chi connectivity index (χ3n) is 3.98. The van der Waals surface area contributed by atoms with Crippen molar-refractivity contribution in [2.75, 3.05) is 31.5 Å². The van der Waals surface area contributed by atoms with E-state index in [4.69, 9.17) is 0 Å². The van der Waals surface area contributed by atoms with Crippen molar-refractivity contribution in [3.8, 4) is 0 Å². The van der Waals surface area contributed by atoms with Gasteiger partial charge in [0.1, 0.15) is 0 Å². The molecular formula is C12H20N4. The molecule has 88 valence electrons. The Labute approximate surface area is 96.7 Å². The van der Waals surface area contributed by atoms with Crippen molar-refractivity contribution in [3.63, 3.8) is 0 Å². The zero-order valence-electron chi connectivity index (χ0n) is 9.89. The number of nitrogens with one attached hydrogen (secondary N) is 1. The van der Waals surface area contributed by atoms with E-state index in [0.717, 1.165) is 18.4 Å². The van der Waals surface area contributed by atoms with Crippen molar-refractivity contribution >= 4 is 5.95 Å². The summed E-state index contributed by atoms with van der Waals surface area (Å²) in [5.74, 6) is 1.90. The topological polar surface area (TPSA) is 33.1 Å². The van der Waals surface area contributed by atoms with E-state index in [-0.39, 0.29) is 0 Å². The normalized spacial score (nSPS) is 32.9. The average Bonchev–Trinajstić information content (AvgIpc) is 2.79. The summed E-state index contributed by atoms with van der Waals surface area (Å²) >= 11 is 0. The van der Waals surface area contributed by atoms with E-state index in [0.29, 0.717) is 6.04 Å². The van der Waals surface area contributed by atoms with E-state index in [1.807, 2.05) is 6.20 Å². The maximum absolute atomic E-state index is 4.40. The van der Waals surface area contributed by atoms with Crippen LogP contribution in [0.5, 0.6) is 0 Å². The highest BCUT2D eigenvalue weighted by molar-refractivity contribution is 5.27.